The van der Waals surface area contributed by atoms with Crippen molar-refractivity contribution in [1.82, 2.24) is 15.2 Å². The van der Waals surface area contributed by atoms with Gasteiger partial charge in [0.2, 0.25) is 0 Å². The van der Waals surface area contributed by atoms with E-state index < -0.39 is 0 Å². The molecule has 0 unspecified atom stereocenters. The minimum absolute atomic E-state index is 0. The Labute approximate surface area is 133 Å². The van der Waals surface area contributed by atoms with Gasteiger partial charge in [-0.2, -0.15) is 0 Å². The molecule has 0 aromatic carbocycles. The molecule has 2 heterocycles. The van der Waals surface area contributed by atoms with E-state index in [4.69, 9.17) is 4.98 Å². The molecule has 2 rings (SSSR count). The van der Waals surface area contributed by atoms with E-state index in [-0.39, 0.29) is 12.4 Å². The zero-order valence-electron chi connectivity index (χ0n) is 12.7. The molecule has 20 heavy (non-hydrogen) atoms. The summed E-state index contributed by atoms with van der Waals surface area (Å²) in [5.74, 6) is 0. The van der Waals surface area contributed by atoms with E-state index in [0.29, 0.717) is 0 Å². The molecule has 0 amide bonds. The van der Waals surface area contributed by atoms with Crippen molar-refractivity contribution >= 4 is 23.7 Å². The molecule has 0 bridgehead atoms. The molecular weight excluding hydrogens is 290 g/mol. The van der Waals surface area contributed by atoms with Crippen LogP contribution in [0.5, 0.6) is 0 Å². The number of thiazole rings is 1. The number of rotatable bonds is 7. The smallest absolute Gasteiger partial charge is 0.107 e. The summed E-state index contributed by atoms with van der Waals surface area (Å²) in [4.78, 5) is 7.43. The van der Waals surface area contributed by atoms with E-state index in [1.54, 1.807) is 0 Å². The monoisotopic (exact) mass is 317 g/mol. The molecular formula is C15H28ClN3S. The Bertz CT molecular complexity index is 364. The summed E-state index contributed by atoms with van der Waals surface area (Å²) in [6.45, 7) is 9.09. The Morgan fingerprint density at radius 2 is 2.05 bits per heavy atom. The van der Waals surface area contributed by atoms with Crippen LogP contribution >= 0.6 is 23.7 Å². The first-order chi connectivity index (χ1) is 9.33. The van der Waals surface area contributed by atoms with Crippen LogP contribution in [0.25, 0.3) is 0 Å². The van der Waals surface area contributed by atoms with Crippen LogP contribution in [0.1, 0.15) is 50.2 Å². The molecule has 1 N–H and O–H groups in total. The lowest BCUT2D eigenvalue weighted by atomic mass is 10.0. The largest absolute Gasteiger partial charge is 0.317 e. The van der Waals surface area contributed by atoms with Crippen molar-refractivity contribution < 1.29 is 0 Å². The Morgan fingerprint density at radius 1 is 1.30 bits per heavy atom. The molecule has 5 heteroatoms. The highest BCUT2D eigenvalue weighted by molar-refractivity contribution is 7.09. The van der Waals surface area contributed by atoms with Crippen LogP contribution in [0.3, 0.4) is 0 Å². The lowest BCUT2D eigenvalue weighted by Gasteiger charge is -2.33. The fourth-order valence-electron chi connectivity index (χ4n) is 2.82. The van der Waals surface area contributed by atoms with E-state index in [2.05, 4.69) is 29.4 Å². The molecule has 0 atom stereocenters. The number of halogens is 1. The second-order valence-corrected chi connectivity index (χ2v) is 6.38. The molecule has 0 saturated carbocycles. The van der Waals surface area contributed by atoms with Crippen molar-refractivity contribution in [3.8, 4) is 0 Å². The zero-order chi connectivity index (χ0) is 13.5. The first-order valence-corrected chi connectivity index (χ1v) is 8.59. The standard InChI is InChI=1S/C15H27N3S.ClH/c1-3-5-13-12-19-15(17-13)11-18(10-4-2)14-6-8-16-9-7-14;/h12,14,16H,3-11H2,1-2H3;1H. The van der Waals surface area contributed by atoms with Gasteiger partial charge in [-0.05, 0) is 45.3 Å². The summed E-state index contributed by atoms with van der Waals surface area (Å²) in [5.41, 5.74) is 1.28. The third-order valence-electron chi connectivity index (χ3n) is 3.78. The van der Waals surface area contributed by atoms with Crippen molar-refractivity contribution in [3.05, 3.63) is 16.1 Å². The fourth-order valence-corrected chi connectivity index (χ4v) is 3.67. The molecule has 1 aromatic heterocycles. The number of nitrogens with zero attached hydrogens (tertiary/aromatic N) is 2. The van der Waals surface area contributed by atoms with Crippen LogP contribution in [-0.4, -0.2) is 35.6 Å². The summed E-state index contributed by atoms with van der Waals surface area (Å²) in [6, 6.07) is 0.750. The van der Waals surface area contributed by atoms with Crippen molar-refractivity contribution in [3.63, 3.8) is 0 Å². The first-order valence-electron chi connectivity index (χ1n) is 7.71. The van der Waals surface area contributed by atoms with Crippen molar-refractivity contribution in [1.29, 1.82) is 0 Å². The third-order valence-corrected chi connectivity index (χ3v) is 4.66. The lowest BCUT2D eigenvalue weighted by Crippen LogP contribution is -2.43. The van der Waals surface area contributed by atoms with Gasteiger partial charge in [0.15, 0.2) is 0 Å². The molecule has 1 fully saturated rings. The minimum atomic E-state index is 0. The van der Waals surface area contributed by atoms with Gasteiger partial charge in [0.05, 0.1) is 12.2 Å². The van der Waals surface area contributed by atoms with E-state index in [1.165, 1.54) is 56.0 Å². The molecule has 1 aromatic rings. The third kappa shape index (κ3) is 5.32. The Kier molecular flexibility index (Phi) is 8.69. The minimum Gasteiger partial charge on any atom is -0.317 e. The zero-order valence-corrected chi connectivity index (χ0v) is 14.4. The molecule has 0 aliphatic carbocycles. The maximum Gasteiger partial charge on any atom is 0.107 e. The summed E-state index contributed by atoms with van der Waals surface area (Å²) in [7, 11) is 0. The predicted octanol–water partition coefficient (Wildman–Crippen LogP) is 3.48. The topological polar surface area (TPSA) is 28.2 Å². The van der Waals surface area contributed by atoms with E-state index in [0.717, 1.165) is 19.0 Å². The quantitative estimate of drug-likeness (QED) is 0.834. The number of piperidine rings is 1. The highest BCUT2D eigenvalue weighted by Gasteiger charge is 2.21. The van der Waals surface area contributed by atoms with Crippen LogP contribution in [0.4, 0.5) is 0 Å². The van der Waals surface area contributed by atoms with E-state index in [1.807, 2.05) is 11.3 Å². The van der Waals surface area contributed by atoms with Gasteiger partial charge in [0.1, 0.15) is 5.01 Å². The number of aryl methyl sites for hydroxylation is 1. The predicted molar refractivity (Wildman–Crippen MR) is 89.9 cm³/mol. The lowest BCUT2D eigenvalue weighted by molar-refractivity contribution is 0.154. The second-order valence-electron chi connectivity index (χ2n) is 5.43. The Balaban J connectivity index is 0.00000200. The molecule has 116 valence electrons. The molecule has 1 aliphatic rings. The average Bonchev–Trinajstić information content (AvgIpc) is 2.87. The van der Waals surface area contributed by atoms with Crippen LogP contribution in [0, 0.1) is 0 Å². The summed E-state index contributed by atoms with van der Waals surface area (Å²) in [5, 5.41) is 7.00. The van der Waals surface area contributed by atoms with Gasteiger partial charge >= 0.3 is 0 Å². The maximum atomic E-state index is 4.78. The normalized spacial score (nSPS) is 16.4. The Hall–Kier alpha value is -0.160. The number of hydrogen-bond acceptors (Lipinski definition) is 4. The van der Waals surface area contributed by atoms with Crippen LogP contribution in [0.15, 0.2) is 5.38 Å². The summed E-state index contributed by atoms with van der Waals surface area (Å²) < 4.78 is 0. The van der Waals surface area contributed by atoms with E-state index >= 15 is 0 Å². The van der Waals surface area contributed by atoms with Gasteiger partial charge in [-0.25, -0.2) is 4.98 Å². The Morgan fingerprint density at radius 3 is 2.70 bits per heavy atom. The van der Waals surface area contributed by atoms with Gasteiger partial charge in [-0.15, -0.1) is 23.7 Å². The molecule has 0 spiro atoms. The van der Waals surface area contributed by atoms with Gasteiger partial charge in [0.25, 0.3) is 0 Å². The fraction of sp³-hybridized carbons (Fsp3) is 0.800. The first kappa shape index (κ1) is 17.9. The van der Waals surface area contributed by atoms with Crippen LogP contribution < -0.4 is 5.32 Å². The molecule has 3 nitrogen and oxygen atoms in total. The highest BCUT2D eigenvalue weighted by Crippen LogP contribution is 2.19. The summed E-state index contributed by atoms with van der Waals surface area (Å²) in [6.07, 6.45) is 6.12. The molecule has 1 aliphatic heterocycles. The summed E-state index contributed by atoms with van der Waals surface area (Å²) >= 11 is 1.84. The maximum absolute atomic E-state index is 4.78. The van der Waals surface area contributed by atoms with E-state index in [9.17, 15) is 0 Å². The SMILES string of the molecule is CCCc1csc(CN(CCC)C2CCNCC2)n1.Cl. The molecule has 1 saturated heterocycles. The highest BCUT2D eigenvalue weighted by atomic mass is 35.5. The second kappa shape index (κ2) is 9.72. The van der Waals surface area contributed by atoms with Gasteiger partial charge in [-0.3, -0.25) is 4.90 Å². The number of aromatic nitrogens is 1. The van der Waals surface area contributed by atoms with Crippen LogP contribution in [0.2, 0.25) is 0 Å². The van der Waals surface area contributed by atoms with Gasteiger partial charge in [-0.1, -0.05) is 20.3 Å². The van der Waals surface area contributed by atoms with Gasteiger partial charge in [0, 0.05) is 11.4 Å². The van der Waals surface area contributed by atoms with Crippen molar-refractivity contribution in [2.24, 2.45) is 0 Å². The molecule has 0 radical (unpaired) electrons. The van der Waals surface area contributed by atoms with Crippen molar-refractivity contribution in [2.45, 2.75) is 58.5 Å². The van der Waals surface area contributed by atoms with Crippen molar-refractivity contribution in [2.75, 3.05) is 19.6 Å². The average molecular weight is 318 g/mol. The van der Waals surface area contributed by atoms with Crippen LogP contribution in [-0.2, 0) is 13.0 Å². The van der Waals surface area contributed by atoms with Gasteiger partial charge < -0.3 is 5.32 Å². The number of nitrogens with one attached hydrogen (secondary N) is 1. The number of hydrogen-bond donors (Lipinski definition) is 1.